The van der Waals surface area contributed by atoms with Gasteiger partial charge in [0.05, 0.1) is 31.3 Å². The van der Waals surface area contributed by atoms with E-state index >= 15 is 0 Å². The molecule has 0 unspecified atom stereocenters. The minimum atomic E-state index is -3.71. The molecule has 0 spiro atoms. The molecule has 1 aromatic rings. The number of benzene rings is 1. The molecule has 0 amide bonds. The Morgan fingerprint density at radius 2 is 1.88 bits per heavy atom. The number of morpholine rings is 1. The largest absolute Gasteiger partial charge is 0.481 e. The molecule has 0 aromatic heterocycles. The van der Waals surface area contributed by atoms with E-state index in [1.807, 2.05) is 0 Å². The van der Waals surface area contributed by atoms with E-state index in [-0.39, 0.29) is 18.1 Å². The number of ether oxygens (including phenoxy) is 3. The van der Waals surface area contributed by atoms with Crippen LogP contribution in [-0.4, -0.2) is 71.1 Å². The third-order valence-electron chi connectivity index (χ3n) is 3.64. The average molecular weight is 381 g/mol. The van der Waals surface area contributed by atoms with Crippen LogP contribution in [0.2, 0.25) is 0 Å². The van der Waals surface area contributed by atoms with Gasteiger partial charge >= 0.3 is 5.97 Å². The van der Waals surface area contributed by atoms with Crippen molar-refractivity contribution in [1.82, 2.24) is 4.90 Å². The van der Waals surface area contributed by atoms with Crippen LogP contribution in [-0.2, 0) is 24.1 Å². The molecule has 0 saturated carbocycles. The Bertz CT molecular complexity index is 742. The Balaban J connectivity index is 1.81. The minimum Gasteiger partial charge on any atom is -0.481 e. The van der Waals surface area contributed by atoms with Crippen molar-refractivity contribution in [2.75, 3.05) is 51.8 Å². The molecule has 8 heteroatoms. The number of hydrogen-bond donors (Lipinski definition) is 0. The summed E-state index contributed by atoms with van der Waals surface area (Å²) in [6.07, 6.45) is 0. The minimum absolute atomic E-state index is 0.0521. The Hall–Kier alpha value is -2.08. The highest BCUT2D eigenvalue weighted by Gasteiger charge is 2.20. The fourth-order valence-corrected chi connectivity index (χ4v) is 3.39. The van der Waals surface area contributed by atoms with E-state index in [1.54, 1.807) is 19.1 Å². The van der Waals surface area contributed by atoms with Gasteiger partial charge in [-0.1, -0.05) is 11.8 Å². The van der Waals surface area contributed by atoms with Crippen LogP contribution in [0.3, 0.4) is 0 Å². The quantitative estimate of drug-likeness (QED) is 0.509. The van der Waals surface area contributed by atoms with Gasteiger partial charge in [0.1, 0.15) is 12.4 Å². The predicted molar refractivity (Wildman–Crippen MR) is 95.7 cm³/mol. The Morgan fingerprint density at radius 1 is 1.19 bits per heavy atom. The Labute approximate surface area is 154 Å². The van der Waals surface area contributed by atoms with Gasteiger partial charge in [0.15, 0.2) is 15.6 Å². The number of nitrogens with zero attached hydrogens (tertiary/aromatic N) is 1. The monoisotopic (exact) mass is 381 g/mol. The average Bonchev–Trinajstić information content (AvgIpc) is 2.62. The van der Waals surface area contributed by atoms with Crippen molar-refractivity contribution in [2.24, 2.45) is 0 Å². The van der Waals surface area contributed by atoms with Crippen LogP contribution in [0.1, 0.15) is 6.92 Å². The van der Waals surface area contributed by atoms with Crippen molar-refractivity contribution < 1.29 is 27.4 Å². The summed E-state index contributed by atoms with van der Waals surface area (Å²) in [6.45, 7) is 5.92. The van der Waals surface area contributed by atoms with Crippen LogP contribution < -0.4 is 4.74 Å². The number of sulfone groups is 1. The molecule has 0 N–H and O–H groups in total. The zero-order chi connectivity index (χ0) is 18.8. The molecule has 0 aliphatic carbocycles. The number of hydrogen-bond acceptors (Lipinski definition) is 7. The smallest absolute Gasteiger partial charge is 0.321 e. The Kier molecular flexibility index (Phi) is 7.91. The first-order chi connectivity index (χ1) is 12.5. The van der Waals surface area contributed by atoms with E-state index in [0.717, 1.165) is 26.3 Å². The van der Waals surface area contributed by atoms with Gasteiger partial charge in [-0.2, -0.15) is 0 Å². The van der Waals surface area contributed by atoms with Gasteiger partial charge in [-0.05, 0) is 31.2 Å². The summed E-state index contributed by atoms with van der Waals surface area (Å²) in [4.78, 5) is 13.6. The summed E-state index contributed by atoms with van der Waals surface area (Å²) >= 11 is 0. The van der Waals surface area contributed by atoms with Crippen LogP contribution >= 0.6 is 0 Å². The van der Waals surface area contributed by atoms with Crippen molar-refractivity contribution >= 4 is 15.8 Å². The first-order valence-electron chi connectivity index (χ1n) is 8.38. The standard InChI is InChI=1S/C18H23NO6S/c1-2-24-18(20)15-26(21,22)17-7-5-16(6-8-17)25-12-4-3-9-19-10-13-23-14-11-19/h5-8H,2,9-15H2,1H3. The summed E-state index contributed by atoms with van der Waals surface area (Å²) in [5, 5.41) is 0. The predicted octanol–water partition coefficient (Wildman–Crippen LogP) is 0.738. The van der Waals surface area contributed by atoms with Crippen molar-refractivity contribution in [3.63, 3.8) is 0 Å². The van der Waals surface area contributed by atoms with E-state index < -0.39 is 21.6 Å². The second-order valence-corrected chi connectivity index (χ2v) is 7.56. The summed E-state index contributed by atoms with van der Waals surface area (Å²) in [5.74, 6) is 5.06. The van der Waals surface area contributed by atoms with Gasteiger partial charge in [-0.15, -0.1) is 0 Å². The van der Waals surface area contributed by atoms with Gasteiger partial charge < -0.3 is 14.2 Å². The molecule has 0 radical (unpaired) electrons. The summed E-state index contributed by atoms with van der Waals surface area (Å²) in [5.41, 5.74) is 0. The first kappa shape index (κ1) is 20.2. The molecule has 1 aliphatic heterocycles. The third kappa shape index (κ3) is 6.67. The zero-order valence-electron chi connectivity index (χ0n) is 14.8. The molecule has 2 rings (SSSR count). The molecule has 142 valence electrons. The van der Waals surface area contributed by atoms with Crippen molar-refractivity contribution in [1.29, 1.82) is 0 Å². The lowest BCUT2D eigenvalue weighted by molar-refractivity contribution is -0.139. The molecule has 1 saturated heterocycles. The van der Waals surface area contributed by atoms with Gasteiger partial charge in [0.25, 0.3) is 0 Å². The highest BCUT2D eigenvalue weighted by molar-refractivity contribution is 7.92. The lowest BCUT2D eigenvalue weighted by Crippen LogP contribution is -2.36. The van der Waals surface area contributed by atoms with Gasteiger partial charge in [0.2, 0.25) is 0 Å². The molecular formula is C18H23NO6S. The fourth-order valence-electron chi connectivity index (χ4n) is 2.28. The molecule has 1 aromatic carbocycles. The maximum absolute atomic E-state index is 12.1. The van der Waals surface area contributed by atoms with E-state index in [1.165, 1.54) is 12.1 Å². The highest BCUT2D eigenvalue weighted by atomic mass is 32.2. The van der Waals surface area contributed by atoms with Crippen LogP contribution in [0, 0.1) is 11.8 Å². The Morgan fingerprint density at radius 3 is 2.54 bits per heavy atom. The number of esters is 1. The van der Waals surface area contributed by atoms with Crippen molar-refractivity contribution in [2.45, 2.75) is 11.8 Å². The van der Waals surface area contributed by atoms with Crippen LogP contribution in [0.25, 0.3) is 0 Å². The molecule has 7 nitrogen and oxygen atoms in total. The normalized spacial score (nSPS) is 15.0. The van der Waals surface area contributed by atoms with E-state index in [0.29, 0.717) is 12.3 Å². The molecule has 26 heavy (non-hydrogen) atoms. The molecular weight excluding hydrogens is 358 g/mol. The molecule has 0 bridgehead atoms. The van der Waals surface area contributed by atoms with Crippen molar-refractivity contribution in [3.05, 3.63) is 24.3 Å². The van der Waals surface area contributed by atoms with Gasteiger partial charge in [-0.25, -0.2) is 8.42 Å². The number of carbonyl (C=O) groups is 1. The number of rotatable bonds is 7. The summed E-state index contributed by atoms with van der Waals surface area (Å²) in [6, 6.07) is 5.90. The zero-order valence-corrected chi connectivity index (χ0v) is 15.6. The summed E-state index contributed by atoms with van der Waals surface area (Å²) < 4.78 is 39.6. The summed E-state index contributed by atoms with van der Waals surface area (Å²) in [7, 11) is -3.71. The van der Waals surface area contributed by atoms with Crippen LogP contribution in [0.5, 0.6) is 5.75 Å². The maximum Gasteiger partial charge on any atom is 0.321 e. The van der Waals surface area contributed by atoms with Crippen LogP contribution in [0.15, 0.2) is 29.2 Å². The fraction of sp³-hybridized carbons (Fsp3) is 0.500. The van der Waals surface area contributed by atoms with Crippen LogP contribution in [0.4, 0.5) is 0 Å². The lowest BCUT2D eigenvalue weighted by Gasteiger charge is -2.24. The highest BCUT2D eigenvalue weighted by Crippen LogP contribution is 2.17. The molecule has 1 aliphatic rings. The first-order valence-corrected chi connectivity index (χ1v) is 10.0. The van der Waals surface area contributed by atoms with E-state index in [4.69, 9.17) is 9.47 Å². The van der Waals surface area contributed by atoms with Crippen molar-refractivity contribution in [3.8, 4) is 17.6 Å². The van der Waals surface area contributed by atoms with Gasteiger partial charge in [-0.3, -0.25) is 9.69 Å². The second kappa shape index (κ2) is 10.2. The topological polar surface area (TPSA) is 82.1 Å². The van der Waals surface area contributed by atoms with E-state index in [2.05, 4.69) is 21.5 Å². The SMILES string of the molecule is CCOC(=O)CS(=O)(=O)c1ccc(OCC#CCN2CCOCC2)cc1. The molecule has 1 fully saturated rings. The second-order valence-electron chi connectivity index (χ2n) is 5.57. The molecule has 1 heterocycles. The van der Waals surface area contributed by atoms with E-state index in [9.17, 15) is 13.2 Å². The molecule has 0 atom stereocenters. The maximum atomic E-state index is 12.1. The lowest BCUT2D eigenvalue weighted by atomic mass is 10.3. The number of carbonyl (C=O) groups excluding carboxylic acids is 1. The third-order valence-corrected chi connectivity index (χ3v) is 5.24. The van der Waals surface area contributed by atoms with Gasteiger partial charge in [0, 0.05) is 13.1 Å².